The Morgan fingerprint density at radius 2 is 1.77 bits per heavy atom. The molecule has 2 amide bonds. The van der Waals surface area contributed by atoms with E-state index in [0.717, 1.165) is 12.1 Å². The van der Waals surface area contributed by atoms with Crippen molar-refractivity contribution in [2.45, 2.75) is 12.7 Å². The molecular formula is C28H23F3N6O3. The Balaban J connectivity index is 1.55. The number of aliphatic hydroxyl groups is 1. The second-order valence-corrected chi connectivity index (χ2v) is 8.96. The predicted octanol–water partition coefficient (Wildman–Crippen LogP) is 4.28. The van der Waals surface area contributed by atoms with E-state index in [9.17, 15) is 22.8 Å². The number of carbonyl (C=O) groups excluding carboxylic acids is 2. The van der Waals surface area contributed by atoms with Gasteiger partial charge in [0.1, 0.15) is 23.8 Å². The largest absolute Gasteiger partial charge is 0.417 e. The lowest BCUT2D eigenvalue weighted by molar-refractivity contribution is -0.137. The molecule has 0 aliphatic heterocycles. The van der Waals surface area contributed by atoms with Crippen molar-refractivity contribution < 1.29 is 27.9 Å². The monoisotopic (exact) mass is 548 g/mol. The highest BCUT2D eigenvalue weighted by atomic mass is 19.4. The van der Waals surface area contributed by atoms with Crippen molar-refractivity contribution in [2.24, 2.45) is 7.05 Å². The number of aryl methyl sites for hydroxylation is 1. The highest BCUT2D eigenvalue weighted by Gasteiger charge is 2.34. The van der Waals surface area contributed by atoms with E-state index in [0.29, 0.717) is 28.3 Å². The Bertz CT molecular complexity index is 1710. The molecular weight excluding hydrogens is 525 g/mol. The Morgan fingerprint density at radius 1 is 1.00 bits per heavy atom. The average molecular weight is 549 g/mol. The molecule has 12 heteroatoms. The minimum absolute atomic E-state index is 0.00551. The highest BCUT2D eigenvalue weighted by Crippen LogP contribution is 2.37. The van der Waals surface area contributed by atoms with Gasteiger partial charge in [-0.15, -0.1) is 0 Å². The van der Waals surface area contributed by atoms with E-state index in [2.05, 4.69) is 20.7 Å². The Labute approximate surface area is 225 Å². The maximum absolute atomic E-state index is 13.8. The summed E-state index contributed by atoms with van der Waals surface area (Å²) in [6, 6.07) is 17.2. The quantitative estimate of drug-likeness (QED) is 0.281. The van der Waals surface area contributed by atoms with Crippen LogP contribution in [0.15, 0.2) is 79.1 Å². The normalized spacial score (nSPS) is 11.5. The SMILES string of the molecule is Cn1ccc(-c2cc(C(=O)Nc3c(-c4ccccc4)nc4cc(CNC(=O)CO)ccn34)ccc2C(F)(F)F)n1. The second-order valence-electron chi connectivity index (χ2n) is 8.96. The van der Waals surface area contributed by atoms with E-state index in [1.807, 2.05) is 30.3 Å². The van der Waals surface area contributed by atoms with E-state index in [4.69, 9.17) is 5.11 Å². The smallest absolute Gasteiger partial charge is 0.387 e. The van der Waals surface area contributed by atoms with Crippen molar-refractivity contribution in [3.8, 4) is 22.5 Å². The molecule has 5 aromatic rings. The molecule has 0 saturated carbocycles. The summed E-state index contributed by atoms with van der Waals surface area (Å²) >= 11 is 0. The Morgan fingerprint density at radius 3 is 2.45 bits per heavy atom. The first-order valence-corrected chi connectivity index (χ1v) is 12.1. The highest BCUT2D eigenvalue weighted by molar-refractivity contribution is 6.06. The first kappa shape index (κ1) is 26.6. The van der Waals surface area contributed by atoms with Gasteiger partial charge in [0.2, 0.25) is 5.91 Å². The zero-order valence-corrected chi connectivity index (χ0v) is 21.1. The molecule has 5 rings (SSSR count). The standard InChI is InChI=1S/C28H23F3N6O3/c1-36-11-10-22(35-36)20-14-19(7-8-21(20)28(29,30)31)27(40)34-26-25(18-5-3-2-4-6-18)33-23-13-17(9-12-37(23)26)15-32-24(39)16-38/h2-14,38H,15-16H2,1H3,(H,32,39)(H,34,40). The minimum Gasteiger partial charge on any atom is -0.387 e. The number of carbonyl (C=O) groups is 2. The third-order valence-electron chi connectivity index (χ3n) is 6.18. The lowest BCUT2D eigenvalue weighted by atomic mass is 10.0. The number of hydrogen-bond acceptors (Lipinski definition) is 5. The number of nitrogens with zero attached hydrogens (tertiary/aromatic N) is 4. The van der Waals surface area contributed by atoms with Gasteiger partial charge in [-0.05, 0) is 42.0 Å². The van der Waals surface area contributed by atoms with Gasteiger partial charge in [0.15, 0.2) is 0 Å². The van der Waals surface area contributed by atoms with Gasteiger partial charge in [-0.2, -0.15) is 18.3 Å². The average Bonchev–Trinajstić information content (AvgIpc) is 3.54. The summed E-state index contributed by atoms with van der Waals surface area (Å²) < 4.78 is 44.3. The van der Waals surface area contributed by atoms with Crippen LogP contribution in [0, 0.1) is 0 Å². The summed E-state index contributed by atoms with van der Waals surface area (Å²) in [5.74, 6) is -0.844. The fourth-order valence-corrected chi connectivity index (χ4v) is 4.25. The zero-order chi connectivity index (χ0) is 28.4. The summed E-state index contributed by atoms with van der Waals surface area (Å²) in [4.78, 5) is 29.6. The van der Waals surface area contributed by atoms with Crippen LogP contribution in [0.5, 0.6) is 0 Å². The number of imidazole rings is 1. The second kappa shape index (κ2) is 10.7. The maximum Gasteiger partial charge on any atom is 0.417 e. The van der Waals surface area contributed by atoms with Crippen LogP contribution in [-0.2, 0) is 24.6 Å². The van der Waals surface area contributed by atoms with Crippen molar-refractivity contribution >= 4 is 23.3 Å². The summed E-state index contributed by atoms with van der Waals surface area (Å²) in [6.45, 7) is -0.473. The predicted molar refractivity (Wildman–Crippen MR) is 141 cm³/mol. The van der Waals surface area contributed by atoms with Crippen molar-refractivity contribution in [3.05, 3.63) is 95.8 Å². The molecule has 40 heavy (non-hydrogen) atoms. The third kappa shape index (κ3) is 5.43. The van der Waals surface area contributed by atoms with Crippen LogP contribution in [0.1, 0.15) is 21.5 Å². The van der Waals surface area contributed by atoms with Crippen LogP contribution in [0.2, 0.25) is 0 Å². The number of fused-ring (bicyclic) bond motifs is 1. The Hall–Kier alpha value is -4.97. The fourth-order valence-electron chi connectivity index (χ4n) is 4.25. The molecule has 3 N–H and O–H groups in total. The van der Waals surface area contributed by atoms with Crippen LogP contribution in [0.3, 0.4) is 0 Å². The number of rotatable bonds is 7. The van der Waals surface area contributed by atoms with Gasteiger partial charge in [0.05, 0.1) is 11.3 Å². The number of pyridine rings is 1. The van der Waals surface area contributed by atoms with Gasteiger partial charge in [0, 0.05) is 42.7 Å². The van der Waals surface area contributed by atoms with Crippen LogP contribution in [-0.4, -0.2) is 42.7 Å². The molecule has 0 fully saturated rings. The molecule has 0 aliphatic carbocycles. The lowest BCUT2D eigenvalue weighted by Gasteiger charge is -2.14. The van der Waals surface area contributed by atoms with Gasteiger partial charge >= 0.3 is 6.18 Å². The van der Waals surface area contributed by atoms with Gasteiger partial charge in [0.25, 0.3) is 5.91 Å². The number of hydrogen-bond donors (Lipinski definition) is 3. The number of nitrogens with one attached hydrogen (secondary N) is 2. The van der Waals surface area contributed by atoms with Gasteiger partial charge in [-0.25, -0.2) is 4.98 Å². The third-order valence-corrected chi connectivity index (χ3v) is 6.18. The molecule has 3 aromatic heterocycles. The molecule has 0 saturated heterocycles. The number of halogens is 3. The summed E-state index contributed by atoms with van der Waals surface area (Å²) in [5, 5.41) is 18.4. The molecule has 0 unspecified atom stereocenters. The van der Waals surface area contributed by atoms with Gasteiger partial charge < -0.3 is 15.7 Å². The van der Waals surface area contributed by atoms with E-state index >= 15 is 0 Å². The zero-order valence-electron chi connectivity index (χ0n) is 21.1. The minimum atomic E-state index is -4.64. The first-order chi connectivity index (χ1) is 19.1. The number of anilines is 1. The molecule has 0 bridgehead atoms. The fraction of sp³-hybridized carbons (Fsp3) is 0.143. The Kier molecular flexibility index (Phi) is 7.09. The van der Waals surface area contributed by atoms with Crippen molar-refractivity contribution in [3.63, 3.8) is 0 Å². The number of aromatic nitrogens is 4. The first-order valence-electron chi connectivity index (χ1n) is 12.1. The summed E-state index contributed by atoms with van der Waals surface area (Å²) in [6.07, 6.45) is -1.45. The van der Waals surface area contributed by atoms with E-state index in [1.165, 1.54) is 23.0 Å². The van der Waals surface area contributed by atoms with Crippen LogP contribution >= 0.6 is 0 Å². The molecule has 0 aliphatic rings. The number of alkyl halides is 3. The lowest BCUT2D eigenvalue weighted by Crippen LogP contribution is -2.25. The maximum atomic E-state index is 13.8. The van der Waals surface area contributed by atoms with Crippen molar-refractivity contribution in [1.82, 2.24) is 24.5 Å². The summed E-state index contributed by atoms with van der Waals surface area (Å²) in [7, 11) is 1.59. The van der Waals surface area contributed by atoms with Gasteiger partial charge in [-0.1, -0.05) is 30.3 Å². The number of amides is 2. The van der Waals surface area contributed by atoms with Crippen LogP contribution in [0.4, 0.5) is 19.0 Å². The molecule has 9 nitrogen and oxygen atoms in total. The molecule has 0 spiro atoms. The van der Waals surface area contributed by atoms with Crippen molar-refractivity contribution in [2.75, 3.05) is 11.9 Å². The molecule has 0 atom stereocenters. The topological polar surface area (TPSA) is 114 Å². The van der Waals surface area contributed by atoms with E-state index < -0.39 is 30.2 Å². The van der Waals surface area contributed by atoms with Crippen LogP contribution in [0.25, 0.3) is 28.2 Å². The van der Waals surface area contributed by atoms with E-state index in [-0.39, 0.29) is 23.4 Å². The molecule has 2 aromatic carbocycles. The molecule has 3 heterocycles. The van der Waals surface area contributed by atoms with Crippen LogP contribution < -0.4 is 10.6 Å². The molecule has 0 radical (unpaired) electrons. The molecule has 204 valence electrons. The van der Waals surface area contributed by atoms with Crippen molar-refractivity contribution in [1.29, 1.82) is 0 Å². The summed E-state index contributed by atoms with van der Waals surface area (Å²) in [5.41, 5.74) is 1.31. The van der Waals surface area contributed by atoms with Gasteiger partial charge in [-0.3, -0.25) is 18.7 Å². The van der Waals surface area contributed by atoms with E-state index in [1.54, 1.807) is 29.8 Å². The number of benzene rings is 2. The number of aliphatic hydroxyl groups excluding tert-OH is 1.